The summed E-state index contributed by atoms with van der Waals surface area (Å²) in [5.74, 6) is -0.308. The summed E-state index contributed by atoms with van der Waals surface area (Å²) in [6.07, 6.45) is 0. The summed E-state index contributed by atoms with van der Waals surface area (Å²) in [5.41, 5.74) is 5.50. The Kier molecular flexibility index (Phi) is 2.89. The van der Waals surface area contributed by atoms with Crippen LogP contribution in [0.3, 0.4) is 0 Å². The molecule has 1 aromatic rings. The molecule has 0 aromatic heterocycles. The number of nitro benzene ring substituents is 1. The van der Waals surface area contributed by atoms with Crippen molar-refractivity contribution in [2.75, 3.05) is 12.8 Å². The molecule has 0 aliphatic rings. The molecule has 0 aliphatic carbocycles. The highest BCUT2D eigenvalue weighted by molar-refractivity contribution is 5.96. The zero-order valence-electron chi connectivity index (χ0n) is 8.31. The molecule has 0 atom stereocenters. The van der Waals surface area contributed by atoms with Crippen molar-refractivity contribution >= 4 is 17.2 Å². The SMILES string of the molecule is COc1c(N)cc(C(C)=O)cc1[N+](=O)[O-]. The van der Waals surface area contributed by atoms with E-state index in [0.717, 1.165) is 6.07 Å². The average Bonchev–Trinajstić information content (AvgIpc) is 2.16. The second-order valence-electron chi connectivity index (χ2n) is 2.93. The summed E-state index contributed by atoms with van der Waals surface area (Å²) < 4.78 is 4.79. The normalized spacial score (nSPS) is 9.73. The summed E-state index contributed by atoms with van der Waals surface area (Å²) >= 11 is 0. The van der Waals surface area contributed by atoms with Crippen LogP contribution in [0.1, 0.15) is 17.3 Å². The fourth-order valence-electron chi connectivity index (χ4n) is 1.20. The Bertz CT molecular complexity index is 428. The van der Waals surface area contributed by atoms with Crippen LogP contribution in [0.2, 0.25) is 0 Å². The minimum Gasteiger partial charge on any atom is -0.489 e. The number of carbonyl (C=O) groups excluding carboxylic acids is 1. The van der Waals surface area contributed by atoms with Gasteiger partial charge in [0.05, 0.1) is 17.7 Å². The predicted molar refractivity (Wildman–Crippen MR) is 54.1 cm³/mol. The molecular weight excluding hydrogens is 200 g/mol. The Morgan fingerprint density at radius 1 is 1.53 bits per heavy atom. The molecule has 0 radical (unpaired) electrons. The van der Waals surface area contributed by atoms with Crippen molar-refractivity contribution in [1.82, 2.24) is 0 Å². The second kappa shape index (κ2) is 3.95. The molecule has 0 saturated carbocycles. The molecule has 1 aromatic carbocycles. The van der Waals surface area contributed by atoms with E-state index in [2.05, 4.69) is 0 Å². The third-order valence-electron chi connectivity index (χ3n) is 1.91. The quantitative estimate of drug-likeness (QED) is 0.352. The minimum absolute atomic E-state index is 0.0231. The molecule has 0 saturated heterocycles. The molecule has 0 unspecified atom stereocenters. The average molecular weight is 210 g/mol. The lowest BCUT2D eigenvalue weighted by molar-refractivity contribution is -0.385. The van der Waals surface area contributed by atoms with Gasteiger partial charge in [0.15, 0.2) is 5.78 Å². The van der Waals surface area contributed by atoms with Crippen molar-refractivity contribution in [2.45, 2.75) is 6.92 Å². The Balaban J connectivity index is 3.45. The summed E-state index contributed by atoms with van der Waals surface area (Å²) in [5, 5.41) is 10.7. The second-order valence-corrected chi connectivity index (χ2v) is 2.93. The molecule has 80 valence electrons. The van der Waals surface area contributed by atoms with E-state index >= 15 is 0 Å². The van der Waals surface area contributed by atoms with Crippen molar-refractivity contribution in [3.05, 3.63) is 27.8 Å². The van der Waals surface area contributed by atoms with E-state index in [1.54, 1.807) is 0 Å². The van der Waals surface area contributed by atoms with E-state index in [-0.39, 0.29) is 28.5 Å². The number of nitrogens with two attached hydrogens (primary N) is 1. The van der Waals surface area contributed by atoms with Crippen LogP contribution in [0.25, 0.3) is 0 Å². The number of methoxy groups -OCH3 is 1. The highest BCUT2D eigenvalue weighted by Crippen LogP contribution is 2.34. The van der Waals surface area contributed by atoms with Crippen LogP contribution in [-0.4, -0.2) is 17.8 Å². The van der Waals surface area contributed by atoms with Gasteiger partial charge in [-0.2, -0.15) is 0 Å². The van der Waals surface area contributed by atoms with Gasteiger partial charge in [0.25, 0.3) is 0 Å². The third kappa shape index (κ3) is 2.04. The number of ketones is 1. The van der Waals surface area contributed by atoms with Gasteiger partial charge in [0, 0.05) is 11.6 Å². The minimum atomic E-state index is -0.637. The summed E-state index contributed by atoms with van der Waals surface area (Å²) in [7, 11) is 1.28. The number of nitrogens with zero attached hydrogens (tertiary/aromatic N) is 1. The fourth-order valence-corrected chi connectivity index (χ4v) is 1.20. The number of carbonyl (C=O) groups is 1. The molecule has 0 heterocycles. The molecule has 15 heavy (non-hydrogen) atoms. The van der Waals surface area contributed by atoms with E-state index in [1.807, 2.05) is 0 Å². The maximum Gasteiger partial charge on any atom is 0.313 e. The van der Waals surface area contributed by atoms with E-state index in [4.69, 9.17) is 10.5 Å². The van der Waals surface area contributed by atoms with Gasteiger partial charge in [0.2, 0.25) is 5.75 Å². The molecule has 0 bridgehead atoms. The number of Topliss-reactive ketones (excluding diaryl/α,β-unsaturated/α-hetero) is 1. The number of nitro groups is 1. The Labute approximate surface area is 85.8 Å². The predicted octanol–water partition coefficient (Wildman–Crippen LogP) is 1.39. The number of hydrogen-bond donors (Lipinski definition) is 1. The number of nitrogen functional groups attached to an aromatic ring is 1. The van der Waals surface area contributed by atoms with Gasteiger partial charge < -0.3 is 10.5 Å². The van der Waals surface area contributed by atoms with Crippen molar-refractivity contribution in [3.63, 3.8) is 0 Å². The molecule has 6 heteroatoms. The summed E-state index contributed by atoms with van der Waals surface area (Å²) in [4.78, 5) is 21.1. The molecule has 2 N–H and O–H groups in total. The van der Waals surface area contributed by atoms with E-state index in [9.17, 15) is 14.9 Å². The topological polar surface area (TPSA) is 95.5 Å². The first-order chi connectivity index (χ1) is 6.97. The van der Waals surface area contributed by atoms with Gasteiger partial charge in [-0.1, -0.05) is 0 Å². The molecule has 0 amide bonds. The summed E-state index contributed by atoms with van der Waals surface area (Å²) in [6, 6.07) is 2.51. The van der Waals surface area contributed by atoms with Crippen molar-refractivity contribution in [1.29, 1.82) is 0 Å². The van der Waals surface area contributed by atoms with Gasteiger partial charge in [0.1, 0.15) is 0 Å². The molecule has 0 fully saturated rings. The zero-order chi connectivity index (χ0) is 11.6. The standard InChI is InChI=1S/C9H10N2O4/c1-5(12)6-3-7(10)9(15-2)8(4-6)11(13)14/h3-4H,10H2,1-2H3. The summed E-state index contributed by atoms with van der Waals surface area (Å²) in [6.45, 7) is 1.31. The van der Waals surface area contributed by atoms with E-state index in [1.165, 1.54) is 20.1 Å². The van der Waals surface area contributed by atoms with Gasteiger partial charge >= 0.3 is 5.69 Å². The van der Waals surface area contributed by atoms with Gasteiger partial charge in [-0.3, -0.25) is 14.9 Å². The van der Waals surface area contributed by atoms with Crippen LogP contribution in [0.5, 0.6) is 5.75 Å². The first kappa shape index (κ1) is 11.0. The maximum absolute atomic E-state index is 11.1. The van der Waals surface area contributed by atoms with Crippen LogP contribution in [-0.2, 0) is 0 Å². The maximum atomic E-state index is 11.1. The van der Waals surface area contributed by atoms with E-state index < -0.39 is 4.92 Å². The molecule has 0 aliphatic heterocycles. The number of hydrogen-bond acceptors (Lipinski definition) is 5. The van der Waals surface area contributed by atoms with E-state index in [0.29, 0.717) is 0 Å². The number of rotatable bonds is 3. The highest BCUT2D eigenvalue weighted by Gasteiger charge is 2.20. The Morgan fingerprint density at radius 2 is 2.13 bits per heavy atom. The van der Waals surface area contributed by atoms with Crippen LogP contribution < -0.4 is 10.5 Å². The van der Waals surface area contributed by atoms with Crippen molar-refractivity contribution < 1.29 is 14.5 Å². The lowest BCUT2D eigenvalue weighted by atomic mass is 10.1. The lowest BCUT2D eigenvalue weighted by Gasteiger charge is -2.06. The lowest BCUT2D eigenvalue weighted by Crippen LogP contribution is -2.02. The van der Waals surface area contributed by atoms with Gasteiger partial charge in [-0.25, -0.2) is 0 Å². The first-order valence-corrected chi connectivity index (χ1v) is 4.10. The first-order valence-electron chi connectivity index (χ1n) is 4.10. The fraction of sp³-hybridized carbons (Fsp3) is 0.222. The number of anilines is 1. The van der Waals surface area contributed by atoms with Crippen molar-refractivity contribution in [3.8, 4) is 5.75 Å². The molecule has 0 spiro atoms. The van der Waals surface area contributed by atoms with Crippen LogP contribution >= 0.6 is 0 Å². The molecule has 6 nitrogen and oxygen atoms in total. The van der Waals surface area contributed by atoms with Crippen LogP contribution in [0.15, 0.2) is 12.1 Å². The highest BCUT2D eigenvalue weighted by atomic mass is 16.6. The largest absolute Gasteiger partial charge is 0.489 e. The third-order valence-corrected chi connectivity index (χ3v) is 1.91. The molecule has 1 rings (SSSR count). The monoisotopic (exact) mass is 210 g/mol. The van der Waals surface area contributed by atoms with Gasteiger partial charge in [-0.05, 0) is 13.0 Å². The van der Waals surface area contributed by atoms with Gasteiger partial charge in [-0.15, -0.1) is 0 Å². The van der Waals surface area contributed by atoms with Crippen LogP contribution in [0, 0.1) is 10.1 Å². The molecular formula is C9H10N2O4. The Morgan fingerprint density at radius 3 is 2.53 bits per heavy atom. The van der Waals surface area contributed by atoms with Crippen LogP contribution in [0.4, 0.5) is 11.4 Å². The Hall–Kier alpha value is -2.11. The number of ether oxygens (including phenoxy) is 1. The van der Waals surface area contributed by atoms with Crippen molar-refractivity contribution in [2.24, 2.45) is 0 Å². The number of benzene rings is 1. The zero-order valence-corrected chi connectivity index (χ0v) is 8.31. The smallest absolute Gasteiger partial charge is 0.313 e.